The summed E-state index contributed by atoms with van der Waals surface area (Å²) in [5.74, 6) is 0. The Bertz CT molecular complexity index is 809. The van der Waals surface area contributed by atoms with Crippen molar-refractivity contribution in [1.29, 1.82) is 0 Å². The molecule has 1 aliphatic rings. The second kappa shape index (κ2) is 5.02. The van der Waals surface area contributed by atoms with E-state index in [1.807, 2.05) is 24.5 Å². The Morgan fingerprint density at radius 3 is 2.62 bits per heavy atom. The number of rotatable bonds is 2. The van der Waals surface area contributed by atoms with Crippen molar-refractivity contribution in [1.82, 2.24) is 4.98 Å². The molecule has 21 heavy (non-hydrogen) atoms. The van der Waals surface area contributed by atoms with Gasteiger partial charge in [-0.2, -0.15) is 0 Å². The molecule has 0 spiro atoms. The third kappa shape index (κ3) is 2.27. The quantitative estimate of drug-likeness (QED) is 0.711. The fourth-order valence-corrected chi connectivity index (χ4v) is 2.64. The van der Waals surface area contributed by atoms with E-state index in [1.165, 1.54) is 5.69 Å². The van der Waals surface area contributed by atoms with E-state index >= 15 is 0 Å². The third-order valence-electron chi connectivity index (χ3n) is 3.77. The van der Waals surface area contributed by atoms with E-state index in [0.717, 1.165) is 35.2 Å². The summed E-state index contributed by atoms with van der Waals surface area (Å²) in [6.45, 7) is 1.84. The molecule has 0 atom stereocenters. The Labute approximate surface area is 123 Å². The summed E-state index contributed by atoms with van der Waals surface area (Å²) in [6.07, 6.45) is 1.91. The van der Waals surface area contributed by atoms with Gasteiger partial charge in [0.05, 0.1) is 24.1 Å². The van der Waals surface area contributed by atoms with Gasteiger partial charge >= 0.3 is 0 Å². The van der Waals surface area contributed by atoms with Gasteiger partial charge in [0.1, 0.15) is 0 Å². The van der Waals surface area contributed by atoms with E-state index < -0.39 is 0 Å². The van der Waals surface area contributed by atoms with Crippen LogP contribution in [0.15, 0.2) is 65.7 Å². The lowest BCUT2D eigenvalue weighted by Crippen LogP contribution is -2.17. The molecule has 2 heterocycles. The molecule has 0 aliphatic carbocycles. The second-order valence-corrected chi connectivity index (χ2v) is 5.15. The zero-order chi connectivity index (χ0) is 14.1. The molecule has 1 aromatic heterocycles. The monoisotopic (exact) mass is 273 g/mol. The normalized spacial score (nSPS) is 14.0. The van der Waals surface area contributed by atoms with Gasteiger partial charge in [-0.05, 0) is 24.3 Å². The van der Waals surface area contributed by atoms with Gasteiger partial charge in [-0.25, -0.2) is 4.98 Å². The summed E-state index contributed by atoms with van der Waals surface area (Å²) in [5.41, 5.74) is 4.36. The molecule has 3 heteroatoms. The molecule has 102 valence electrons. The van der Waals surface area contributed by atoms with Crippen molar-refractivity contribution < 1.29 is 0 Å². The van der Waals surface area contributed by atoms with E-state index in [9.17, 15) is 0 Å². The molecule has 0 bridgehead atoms. The first kappa shape index (κ1) is 12.1. The maximum Gasteiger partial charge on any atom is 0.0895 e. The van der Waals surface area contributed by atoms with Crippen LogP contribution in [0.3, 0.4) is 0 Å². The number of aromatic nitrogens is 1. The van der Waals surface area contributed by atoms with E-state index in [-0.39, 0.29) is 0 Å². The average Bonchev–Trinajstić information content (AvgIpc) is 3.09. The largest absolute Gasteiger partial charge is 0.331 e. The lowest BCUT2D eigenvalue weighted by molar-refractivity contribution is 1.02. The molecule has 0 amide bonds. The lowest BCUT2D eigenvalue weighted by atomic mass is 10.1. The molecule has 0 N–H and O–H groups in total. The first-order chi connectivity index (χ1) is 10.4. The number of fused-ring (bicyclic) bond motifs is 1. The van der Waals surface area contributed by atoms with Crippen LogP contribution in [0.5, 0.6) is 0 Å². The van der Waals surface area contributed by atoms with Gasteiger partial charge in [0, 0.05) is 23.2 Å². The van der Waals surface area contributed by atoms with Crippen LogP contribution in [-0.2, 0) is 0 Å². The Hall–Kier alpha value is -2.68. The van der Waals surface area contributed by atoms with Crippen molar-refractivity contribution in [2.75, 3.05) is 18.0 Å². The van der Waals surface area contributed by atoms with Crippen molar-refractivity contribution >= 4 is 22.9 Å². The zero-order valence-electron chi connectivity index (χ0n) is 11.6. The Morgan fingerprint density at radius 1 is 0.905 bits per heavy atom. The van der Waals surface area contributed by atoms with Crippen LogP contribution >= 0.6 is 0 Å². The van der Waals surface area contributed by atoms with Gasteiger partial charge < -0.3 is 4.90 Å². The molecule has 0 radical (unpaired) electrons. The molecule has 3 nitrogen and oxygen atoms in total. The van der Waals surface area contributed by atoms with Crippen LogP contribution in [-0.4, -0.2) is 24.4 Å². The molecule has 0 saturated carbocycles. The number of hydrogen-bond acceptors (Lipinski definition) is 3. The number of hydrogen-bond donors (Lipinski definition) is 0. The van der Waals surface area contributed by atoms with Crippen molar-refractivity contribution in [3.8, 4) is 11.3 Å². The van der Waals surface area contributed by atoms with Gasteiger partial charge in [-0.1, -0.05) is 36.4 Å². The van der Waals surface area contributed by atoms with Crippen LogP contribution < -0.4 is 4.90 Å². The molecular formula is C18H15N3. The summed E-state index contributed by atoms with van der Waals surface area (Å²) >= 11 is 0. The molecule has 0 fully saturated rings. The maximum atomic E-state index is 4.76. The third-order valence-corrected chi connectivity index (χ3v) is 3.77. The minimum Gasteiger partial charge on any atom is -0.331 e. The number of anilines is 1. The average molecular weight is 273 g/mol. The van der Waals surface area contributed by atoms with Gasteiger partial charge in [0.25, 0.3) is 0 Å². The predicted molar refractivity (Wildman–Crippen MR) is 87.9 cm³/mol. The number of nitrogens with zero attached hydrogens (tertiary/aromatic N) is 3. The summed E-state index contributed by atoms with van der Waals surface area (Å²) in [5, 5.41) is 1.16. The summed E-state index contributed by atoms with van der Waals surface area (Å²) in [6, 6.07) is 20.9. The minimum atomic E-state index is 0.878. The van der Waals surface area contributed by atoms with Crippen LogP contribution in [0.2, 0.25) is 0 Å². The molecule has 1 aliphatic heterocycles. The molecule has 2 aromatic carbocycles. The van der Waals surface area contributed by atoms with Gasteiger partial charge in [0.15, 0.2) is 0 Å². The molecule has 0 unspecified atom stereocenters. The number of aliphatic imine (C=N–C) groups is 1. The first-order valence-corrected chi connectivity index (χ1v) is 7.13. The highest BCUT2D eigenvalue weighted by Gasteiger charge is 2.09. The minimum absolute atomic E-state index is 0.878. The fraction of sp³-hybridized carbons (Fsp3) is 0.111. The summed E-state index contributed by atoms with van der Waals surface area (Å²) < 4.78 is 0. The highest BCUT2D eigenvalue weighted by atomic mass is 15.2. The smallest absolute Gasteiger partial charge is 0.0895 e. The van der Waals surface area contributed by atoms with Gasteiger partial charge in [-0.3, -0.25) is 4.99 Å². The number of pyridine rings is 1. The second-order valence-electron chi connectivity index (χ2n) is 5.15. The Balaban J connectivity index is 1.76. The fourth-order valence-electron chi connectivity index (χ4n) is 2.64. The molecule has 3 aromatic rings. The van der Waals surface area contributed by atoms with Crippen molar-refractivity contribution in [2.24, 2.45) is 4.99 Å². The van der Waals surface area contributed by atoms with Gasteiger partial charge in [-0.15, -0.1) is 0 Å². The van der Waals surface area contributed by atoms with E-state index in [4.69, 9.17) is 4.98 Å². The standard InChI is InChI=1S/C18H15N3/c1-2-4-14(5-3-1)17-8-6-15-12-16(7-9-18(15)20-17)21-11-10-19-13-21/h1-9,12-13H,10-11H2. The summed E-state index contributed by atoms with van der Waals surface area (Å²) in [4.78, 5) is 11.2. The van der Waals surface area contributed by atoms with Gasteiger partial charge in [0.2, 0.25) is 0 Å². The highest BCUT2D eigenvalue weighted by molar-refractivity contribution is 5.89. The first-order valence-electron chi connectivity index (χ1n) is 7.13. The maximum absolute atomic E-state index is 4.76. The molecular weight excluding hydrogens is 258 g/mol. The number of benzene rings is 2. The van der Waals surface area contributed by atoms with Crippen LogP contribution in [0.25, 0.3) is 22.2 Å². The van der Waals surface area contributed by atoms with E-state index in [2.05, 4.69) is 52.4 Å². The predicted octanol–water partition coefficient (Wildman–Crippen LogP) is 3.75. The van der Waals surface area contributed by atoms with E-state index in [0.29, 0.717) is 0 Å². The van der Waals surface area contributed by atoms with Crippen molar-refractivity contribution in [2.45, 2.75) is 0 Å². The Kier molecular flexibility index (Phi) is 2.89. The summed E-state index contributed by atoms with van der Waals surface area (Å²) in [7, 11) is 0. The topological polar surface area (TPSA) is 28.5 Å². The van der Waals surface area contributed by atoms with Crippen LogP contribution in [0.4, 0.5) is 5.69 Å². The molecule has 0 saturated heterocycles. The molecule has 4 rings (SSSR count). The SMILES string of the molecule is C1=NCCN1c1ccc2nc(-c3ccccc3)ccc2c1. The Morgan fingerprint density at radius 2 is 1.81 bits per heavy atom. The van der Waals surface area contributed by atoms with Crippen molar-refractivity contribution in [3.63, 3.8) is 0 Å². The van der Waals surface area contributed by atoms with Crippen LogP contribution in [0, 0.1) is 0 Å². The highest BCUT2D eigenvalue weighted by Crippen LogP contribution is 2.24. The van der Waals surface area contributed by atoms with Crippen molar-refractivity contribution in [3.05, 3.63) is 60.7 Å². The zero-order valence-corrected chi connectivity index (χ0v) is 11.6. The lowest BCUT2D eigenvalue weighted by Gasteiger charge is -2.14. The van der Waals surface area contributed by atoms with Crippen LogP contribution in [0.1, 0.15) is 0 Å². The van der Waals surface area contributed by atoms with E-state index in [1.54, 1.807) is 0 Å².